The number of hydrogen-bond acceptors (Lipinski definition) is 2. The van der Waals surface area contributed by atoms with Gasteiger partial charge in [0.1, 0.15) is 0 Å². The van der Waals surface area contributed by atoms with Gasteiger partial charge in [-0.3, -0.25) is 0 Å². The van der Waals surface area contributed by atoms with Crippen molar-refractivity contribution in [2.24, 2.45) is 5.92 Å². The highest BCUT2D eigenvalue weighted by Crippen LogP contribution is 2.38. The number of alkyl halides is 1. The third-order valence-electron chi connectivity index (χ3n) is 2.91. The van der Waals surface area contributed by atoms with Gasteiger partial charge in [0.15, 0.2) is 11.5 Å². The van der Waals surface area contributed by atoms with Gasteiger partial charge in [0, 0.05) is 5.88 Å². The van der Waals surface area contributed by atoms with Crippen molar-refractivity contribution in [2.45, 2.75) is 25.1 Å². The molecule has 2 rings (SSSR count). The van der Waals surface area contributed by atoms with Gasteiger partial charge < -0.3 is 9.47 Å². The summed E-state index contributed by atoms with van der Waals surface area (Å²) in [6, 6.07) is 3.90. The summed E-state index contributed by atoms with van der Waals surface area (Å²) in [5, 5.41) is 0. The number of ether oxygens (including phenoxy) is 2. The van der Waals surface area contributed by atoms with Crippen molar-refractivity contribution < 1.29 is 9.47 Å². The smallest absolute Gasteiger partial charge is 0.175 e. The van der Waals surface area contributed by atoms with Crippen molar-refractivity contribution in [3.05, 3.63) is 22.2 Å². The van der Waals surface area contributed by atoms with Gasteiger partial charge in [0.05, 0.1) is 18.2 Å². The Morgan fingerprint density at radius 2 is 2.18 bits per heavy atom. The topological polar surface area (TPSA) is 18.5 Å². The van der Waals surface area contributed by atoms with Crippen LogP contribution in [0.4, 0.5) is 0 Å². The standard InChI is InChI=1S/C13H16BrClO2/c1-16-12-7-10(8-15)6-11(14)13(12)17-5-4-9-2-3-9/h6-7,9H,2-5,8H2,1H3. The van der Waals surface area contributed by atoms with Crippen LogP contribution in [0.3, 0.4) is 0 Å². The summed E-state index contributed by atoms with van der Waals surface area (Å²) in [7, 11) is 1.65. The van der Waals surface area contributed by atoms with E-state index >= 15 is 0 Å². The molecule has 1 aromatic rings. The van der Waals surface area contributed by atoms with E-state index in [2.05, 4.69) is 15.9 Å². The van der Waals surface area contributed by atoms with Crippen molar-refractivity contribution in [1.82, 2.24) is 0 Å². The molecule has 2 nitrogen and oxygen atoms in total. The van der Waals surface area contributed by atoms with Crippen molar-refractivity contribution in [3.8, 4) is 11.5 Å². The number of methoxy groups -OCH3 is 1. The van der Waals surface area contributed by atoms with E-state index in [1.165, 1.54) is 12.8 Å². The summed E-state index contributed by atoms with van der Waals surface area (Å²) in [6.07, 6.45) is 3.84. The monoisotopic (exact) mass is 318 g/mol. The quantitative estimate of drug-likeness (QED) is 0.725. The second-order valence-corrected chi connectivity index (χ2v) is 5.44. The molecule has 0 spiro atoms. The Bertz CT molecular complexity index is 391. The molecular weight excluding hydrogens is 303 g/mol. The lowest BCUT2D eigenvalue weighted by Crippen LogP contribution is -2.01. The van der Waals surface area contributed by atoms with Gasteiger partial charge in [0.25, 0.3) is 0 Å². The first kappa shape index (κ1) is 13.0. The van der Waals surface area contributed by atoms with Gasteiger partial charge in [0.2, 0.25) is 0 Å². The molecule has 0 aromatic heterocycles. The van der Waals surface area contributed by atoms with E-state index in [9.17, 15) is 0 Å². The minimum atomic E-state index is 0.470. The van der Waals surface area contributed by atoms with Crippen molar-refractivity contribution >= 4 is 27.5 Å². The predicted molar refractivity (Wildman–Crippen MR) is 73.1 cm³/mol. The molecular formula is C13H16BrClO2. The largest absolute Gasteiger partial charge is 0.493 e. The molecule has 0 unspecified atom stereocenters. The first-order valence-electron chi connectivity index (χ1n) is 5.79. The molecule has 0 radical (unpaired) electrons. The maximum absolute atomic E-state index is 5.82. The molecule has 0 atom stereocenters. The molecule has 0 saturated heterocycles. The molecule has 94 valence electrons. The van der Waals surface area contributed by atoms with Crippen LogP contribution in [-0.4, -0.2) is 13.7 Å². The van der Waals surface area contributed by atoms with Crippen LogP contribution >= 0.6 is 27.5 Å². The molecule has 4 heteroatoms. The fourth-order valence-corrected chi connectivity index (χ4v) is 2.48. The Kier molecular flexibility index (Phi) is 4.57. The zero-order valence-corrected chi connectivity index (χ0v) is 12.2. The van der Waals surface area contributed by atoms with E-state index in [1.54, 1.807) is 7.11 Å². The number of rotatable bonds is 6. The molecule has 0 bridgehead atoms. The Balaban J connectivity index is 2.06. The summed E-state index contributed by atoms with van der Waals surface area (Å²) < 4.78 is 12.0. The van der Waals surface area contributed by atoms with Gasteiger partial charge in [-0.15, -0.1) is 11.6 Å². The lowest BCUT2D eigenvalue weighted by Gasteiger charge is -2.13. The minimum Gasteiger partial charge on any atom is -0.493 e. The Hall–Kier alpha value is -0.410. The third kappa shape index (κ3) is 3.52. The van der Waals surface area contributed by atoms with E-state index in [1.807, 2.05) is 12.1 Å². The van der Waals surface area contributed by atoms with Crippen LogP contribution in [0.1, 0.15) is 24.8 Å². The second kappa shape index (κ2) is 5.96. The fourth-order valence-electron chi connectivity index (χ4n) is 1.72. The van der Waals surface area contributed by atoms with E-state index in [0.29, 0.717) is 5.88 Å². The molecule has 0 heterocycles. The first-order chi connectivity index (χ1) is 8.24. The van der Waals surface area contributed by atoms with E-state index in [0.717, 1.165) is 40.5 Å². The van der Waals surface area contributed by atoms with Crippen LogP contribution in [-0.2, 0) is 5.88 Å². The zero-order chi connectivity index (χ0) is 12.3. The van der Waals surface area contributed by atoms with Crippen LogP contribution < -0.4 is 9.47 Å². The molecule has 1 fully saturated rings. The SMILES string of the molecule is COc1cc(CCl)cc(Br)c1OCCC1CC1. The van der Waals surface area contributed by atoms with Crippen molar-refractivity contribution in [2.75, 3.05) is 13.7 Å². The van der Waals surface area contributed by atoms with Gasteiger partial charge in [-0.05, 0) is 46.0 Å². The van der Waals surface area contributed by atoms with E-state index in [-0.39, 0.29) is 0 Å². The predicted octanol–water partition coefficient (Wildman–Crippen LogP) is 4.38. The molecule has 0 amide bonds. The average Bonchev–Trinajstić information content (AvgIpc) is 3.14. The molecule has 1 aliphatic carbocycles. The lowest BCUT2D eigenvalue weighted by molar-refractivity contribution is 0.281. The first-order valence-corrected chi connectivity index (χ1v) is 7.12. The summed E-state index contributed by atoms with van der Waals surface area (Å²) >= 11 is 9.32. The zero-order valence-electron chi connectivity index (χ0n) is 9.84. The van der Waals surface area contributed by atoms with Gasteiger partial charge in [-0.25, -0.2) is 0 Å². The summed E-state index contributed by atoms with van der Waals surface area (Å²) in [4.78, 5) is 0. The molecule has 17 heavy (non-hydrogen) atoms. The van der Waals surface area contributed by atoms with Gasteiger partial charge in [-0.2, -0.15) is 0 Å². The Labute approximate surface area is 115 Å². The highest BCUT2D eigenvalue weighted by molar-refractivity contribution is 9.10. The summed E-state index contributed by atoms with van der Waals surface area (Å²) in [6.45, 7) is 0.750. The molecule has 1 saturated carbocycles. The highest BCUT2D eigenvalue weighted by atomic mass is 79.9. The molecule has 1 aromatic carbocycles. The highest BCUT2D eigenvalue weighted by Gasteiger charge is 2.21. The fraction of sp³-hybridized carbons (Fsp3) is 0.538. The minimum absolute atomic E-state index is 0.470. The lowest BCUT2D eigenvalue weighted by atomic mass is 10.2. The van der Waals surface area contributed by atoms with Crippen LogP contribution in [0.15, 0.2) is 16.6 Å². The van der Waals surface area contributed by atoms with E-state index < -0.39 is 0 Å². The van der Waals surface area contributed by atoms with Gasteiger partial charge in [-0.1, -0.05) is 12.8 Å². The van der Waals surface area contributed by atoms with Crippen LogP contribution in [0.25, 0.3) is 0 Å². The number of halogens is 2. The molecule has 0 N–H and O–H groups in total. The summed E-state index contributed by atoms with van der Waals surface area (Å²) in [5.41, 5.74) is 1.02. The Morgan fingerprint density at radius 3 is 2.76 bits per heavy atom. The molecule has 0 aliphatic heterocycles. The van der Waals surface area contributed by atoms with Crippen LogP contribution in [0, 0.1) is 5.92 Å². The molecule has 1 aliphatic rings. The van der Waals surface area contributed by atoms with Crippen LogP contribution in [0.2, 0.25) is 0 Å². The number of hydrogen-bond donors (Lipinski definition) is 0. The summed E-state index contributed by atoms with van der Waals surface area (Å²) in [5.74, 6) is 2.87. The van der Waals surface area contributed by atoms with Crippen molar-refractivity contribution in [3.63, 3.8) is 0 Å². The second-order valence-electron chi connectivity index (χ2n) is 4.32. The van der Waals surface area contributed by atoms with Gasteiger partial charge >= 0.3 is 0 Å². The third-order valence-corrected chi connectivity index (χ3v) is 3.81. The van der Waals surface area contributed by atoms with Crippen LogP contribution in [0.5, 0.6) is 11.5 Å². The van der Waals surface area contributed by atoms with Crippen molar-refractivity contribution in [1.29, 1.82) is 0 Å². The van der Waals surface area contributed by atoms with E-state index in [4.69, 9.17) is 21.1 Å². The Morgan fingerprint density at radius 1 is 1.41 bits per heavy atom. The average molecular weight is 320 g/mol. The maximum atomic E-state index is 5.82. The normalized spacial score (nSPS) is 14.8. The maximum Gasteiger partial charge on any atom is 0.175 e. The number of benzene rings is 1.